The van der Waals surface area contributed by atoms with Gasteiger partial charge in [-0.25, -0.2) is 9.59 Å². The lowest BCUT2D eigenvalue weighted by atomic mass is 10.6. The second-order valence-corrected chi connectivity index (χ2v) is 5.09. The summed E-state index contributed by atoms with van der Waals surface area (Å²) >= 11 is 0. The summed E-state index contributed by atoms with van der Waals surface area (Å²) in [6.45, 7) is 7.28. The SMILES string of the molecule is C=CC(=O)OCCSSCCOC(=O)C=C. The molecule has 0 bridgehead atoms. The molecule has 0 rings (SSSR count). The van der Waals surface area contributed by atoms with Gasteiger partial charge in [-0.3, -0.25) is 0 Å². The summed E-state index contributed by atoms with van der Waals surface area (Å²) in [5.41, 5.74) is 0. The van der Waals surface area contributed by atoms with Crippen molar-refractivity contribution in [3.05, 3.63) is 25.3 Å². The number of esters is 2. The van der Waals surface area contributed by atoms with Gasteiger partial charge >= 0.3 is 11.9 Å². The van der Waals surface area contributed by atoms with Crippen LogP contribution in [-0.2, 0) is 19.1 Å². The Morgan fingerprint density at radius 1 is 0.938 bits per heavy atom. The Labute approximate surface area is 103 Å². The Morgan fingerprint density at radius 3 is 1.62 bits per heavy atom. The minimum Gasteiger partial charge on any atom is -0.462 e. The van der Waals surface area contributed by atoms with E-state index in [1.165, 1.54) is 0 Å². The quantitative estimate of drug-likeness (QED) is 0.273. The summed E-state index contributed by atoms with van der Waals surface area (Å²) in [6.07, 6.45) is 2.26. The lowest BCUT2D eigenvalue weighted by Gasteiger charge is -2.02. The Kier molecular flexibility index (Phi) is 10.0. The predicted octanol–water partition coefficient (Wildman–Crippen LogP) is 1.83. The van der Waals surface area contributed by atoms with Crippen molar-refractivity contribution in [2.45, 2.75) is 0 Å². The molecule has 0 aliphatic rings. The van der Waals surface area contributed by atoms with Gasteiger partial charge < -0.3 is 9.47 Å². The normalized spacial score (nSPS) is 9.25. The predicted molar refractivity (Wildman–Crippen MR) is 67.2 cm³/mol. The number of ether oxygens (including phenoxy) is 2. The molecule has 0 saturated heterocycles. The average Bonchev–Trinajstić information content (AvgIpc) is 2.31. The molecule has 0 radical (unpaired) electrons. The van der Waals surface area contributed by atoms with Crippen LogP contribution in [0.3, 0.4) is 0 Å². The van der Waals surface area contributed by atoms with Crippen molar-refractivity contribution >= 4 is 33.5 Å². The number of rotatable bonds is 9. The van der Waals surface area contributed by atoms with Crippen LogP contribution in [0.5, 0.6) is 0 Å². The van der Waals surface area contributed by atoms with Gasteiger partial charge in [0.05, 0.1) is 0 Å². The smallest absolute Gasteiger partial charge is 0.330 e. The van der Waals surface area contributed by atoms with E-state index in [0.29, 0.717) is 24.7 Å². The molecular formula is C10H14O4S2. The minimum absolute atomic E-state index is 0.356. The van der Waals surface area contributed by atoms with E-state index in [1.807, 2.05) is 0 Å². The third kappa shape index (κ3) is 9.67. The highest BCUT2D eigenvalue weighted by Gasteiger charge is 1.97. The highest BCUT2D eigenvalue weighted by Crippen LogP contribution is 2.20. The molecule has 0 aromatic carbocycles. The van der Waals surface area contributed by atoms with E-state index in [0.717, 1.165) is 12.2 Å². The maximum atomic E-state index is 10.6. The van der Waals surface area contributed by atoms with Gasteiger partial charge in [0, 0.05) is 23.7 Å². The summed E-state index contributed by atoms with van der Waals surface area (Å²) in [4.78, 5) is 21.3. The van der Waals surface area contributed by atoms with E-state index in [9.17, 15) is 9.59 Å². The van der Waals surface area contributed by atoms with Gasteiger partial charge in [0.2, 0.25) is 0 Å². The summed E-state index contributed by atoms with van der Waals surface area (Å²) < 4.78 is 9.53. The molecule has 4 nitrogen and oxygen atoms in total. The first-order valence-electron chi connectivity index (χ1n) is 4.53. The van der Waals surface area contributed by atoms with Crippen molar-refractivity contribution in [1.29, 1.82) is 0 Å². The molecule has 0 amide bonds. The first-order valence-corrected chi connectivity index (χ1v) is 7.02. The van der Waals surface area contributed by atoms with Crippen LogP contribution in [0.1, 0.15) is 0 Å². The molecule has 0 aromatic rings. The average molecular weight is 262 g/mol. The van der Waals surface area contributed by atoms with Gasteiger partial charge in [-0.15, -0.1) is 0 Å². The molecule has 0 heterocycles. The molecule has 0 atom stereocenters. The molecule has 0 aromatic heterocycles. The van der Waals surface area contributed by atoms with Crippen LogP contribution in [0.25, 0.3) is 0 Å². The molecule has 16 heavy (non-hydrogen) atoms. The zero-order valence-electron chi connectivity index (χ0n) is 8.85. The lowest BCUT2D eigenvalue weighted by Crippen LogP contribution is -2.04. The molecule has 0 unspecified atom stereocenters. The maximum Gasteiger partial charge on any atom is 0.330 e. The largest absolute Gasteiger partial charge is 0.462 e. The molecule has 6 heteroatoms. The second kappa shape index (κ2) is 10.6. The number of carbonyl (C=O) groups excluding carboxylic acids is 2. The van der Waals surface area contributed by atoms with E-state index in [1.54, 1.807) is 21.6 Å². The van der Waals surface area contributed by atoms with Crippen molar-refractivity contribution in [2.24, 2.45) is 0 Å². The van der Waals surface area contributed by atoms with Crippen LogP contribution in [-0.4, -0.2) is 36.7 Å². The monoisotopic (exact) mass is 262 g/mol. The number of hydrogen-bond acceptors (Lipinski definition) is 6. The van der Waals surface area contributed by atoms with Crippen molar-refractivity contribution in [3.8, 4) is 0 Å². The zero-order valence-corrected chi connectivity index (χ0v) is 10.5. The van der Waals surface area contributed by atoms with Crippen molar-refractivity contribution < 1.29 is 19.1 Å². The molecule has 0 spiro atoms. The van der Waals surface area contributed by atoms with Crippen LogP contribution >= 0.6 is 21.6 Å². The van der Waals surface area contributed by atoms with E-state index >= 15 is 0 Å². The molecule has 0 N–H and O–H groups in total. The standard InChI is InChI=1S/C10H14O4S2/c1-3-9(11)13-5-7-15-16-8-6-14-10(12)4-2/h3-4H,1-2,5-8H2. The van der Waals surface area contributed by atoms with Gasteiger partial charge in [0.15, 0.2) is 0 Å². The van der Waals surface area contributed by atoms with E-state index in [4.69, 9.17) is 9.47 Å². The maximum absolute atomic E-state index is 10.6. The Balaban J connectivity index is 3.15. The number of carbonyl (C=O) groups is 2. The van der Waals surface area contributed by atoms with Crippen LogP contribution < -0.4 is 0 Å². The molecular weight excluding hydrogens is 248 g/mol. The van der Waals surface area contributed by atoms with E-state index < -0.39 is 11.9 Å². The molecule has 0 fully saturated rings. The first-order chi connectivity index (χ1) is 7.70. The topological polar surface area (TPSA) is 52.6 Å². The highest BCUT2D eigenvalue weighted by molar-refractivity contribution is 8.76. The summed E-state index contributed by atoms with van der Waals surface area (Å²) in [5, 5.41) is 0. The Morgan fingerprint density at radius 2 is 1.31 bits per heavy atom. The van der Waals surface area contributed by atoms with Gasteiger partial charge in [0.25, 0.3) is 0 Å². The minimum atomic E-state index is -0.412. The summed E-state index contributed by atoms with van der Waals surface area (Å²) in [6, 6.07) is 0. The molecule has 90 valence electrons. The molecule has 0 saturated carbocycles. The van der Waals surface area contributed by atoms with Gasteiger partial charge in [-0.2, -0.15) is 0 Å². The lowest BCUT2D eigenvalue weighted by molar-refractivity contribution is -0.138. The summed E-state index contributed by atoms with van der Waals surface area (Å²) in [5.74, 6) is 0.565. The summed E-state index contributed by atoms with van der Waals surface area (Å²) in [7, 11) is 3.11. The highest BCUT2D eigenvalue weighted by atomic mass is 33.1. The second-order valence-electron chi connectivity index (χ2n) is 2.39. The Hall–Kier alpha value is -0.880. The van der Waals surface area contributed by atoms with Crippen LogP contribution in [0.2, 0.25) is 0 Å². The van der Waals surface area contributed by atoms with Crippen molar-refractivity contribution in [1.82, 2.24) is 0 Å². The van der Waals surface area contributed by atoms with Crippen molar-refractivity contribution in [2.75, 3.05) is 24.7 Å². The van der Waals surface area contributed by atoms with E-state index in [-0.39, 0.29) is 0 Å². The Bertz CT molecular complexity index is 227. The van der Waals surface area contributed by atoms with Crippen LogP contribution in [0.15, 0.2) is 25.3 Å². The fourth-order valence-corrected chi connectivity index (χ4v) is 2.24. The third-order valence-electron chi connectivity index (χ3n) is 1.24. The molecule has 0 aliphatic carbocycles. The fraction of sp³-hybridized carbons (Fsp3) is 0.400. The van der Waals surface area contributed by atoms with Gasteiger partial charge in [-0.05, 0) is 0 Å². The van der Waals surface area contributed by atoms with Gasteiger partial charge in [-0.1, -0.05) is 34.7 Å². The fourth-order valence-electron chi connectivity index (χ4n) is 0.588. The van der Waals surface area contributed by atoms with Crippen LogP contribution in [0.4, 0.5) is 0 Å². The van der Waals surface area contributed by atoms with E-state index in [2.05, 4.69) is 13.2 Å². The van der Waals surface area contributed by atoms with Gasteiger partial charge in [0.1, 0.15) is 13.2 Å². The third-order valence-corrected chi connectivity index (χ3v) is 3.57. The number of hydrogen-bond donors (Lipinski definition) is 0. The zero-order chi connectivity index (χ0) is 12.2. The van der Waals surface area contributed by atoms with Crippen LogP contribution in [0, 0.1) is 0 Å². The first kappa shape index (κ1) is 15.1. The molecule has 0 aliphatic heterocycles. The van der Waals surface area contributed by atoms with Crippen molar-refractivity contribution in [3.63, 3.8) is 0 Å².